The van der Waals surface area contributed by atoms with Crippen molar-refractivity contribution in [1.82, 2.24) is 14.7 Å². The van der Waals surface area contributed by atoms with Crippen LogP contribution < -0.4 is 15.4 Å². The molecule has 4 aliphatic rings. The molecule has 2 aromatic carbocycles. The Morgan fingerprint density at radius 1 is 1.10 bits per heavy atom. The summed E-state index contributed by atoms with van der Waals surface area (Å²) in [6.07, 6.45) is 2.14. The number of thiophene rings is 1. The number of nitrogens with zero attached hydrogens (tertiary/aromatic N) is 4. The summed E-state index contributed by atoms with van der Waals surface area (Å²) >= 11 is 7.83. The Bertz CT molecular complexity index is 2280. The van der Waals surface area contributed by atoms with Crippen molar-refractivity contribution >= 4 is 68.5 Å². The highest BCUT2D eigenvalue weighted by Crippen LogP contribution is 2.64. The zero-order valence-corrected chi connectivity index (χ0v) is 29.7. The van der Waals surface area contributed by atoms with Crippen molar-refractivity contribution in [2.45, 2.75) is 39.5 Å². The second kappa shape index (κ2) is 11.5. The molecule has 12 nitrogen and oxygen atoms in total. The summed E-state index contributed by atoms with van der Waals surface area (Å²) in [6, 6.07) is 11.1. The molecule has 4 aromatic rings. The van der Waals surface area contributed by atoms with E-state index in [1.165, 1.54) is 15.6 Å². The van der Waals surface area contributed by atoms with Crippen LogP contribution in [0.15, 0.2) is 54.1 Å². The molecule has 51 heavy (non-hydrogen) atoms. The third-order valence-corrected chi connectivity index (χ3v) is 12.9. The van der Waals surface area contributed by atoms with E-state index in [0.717, 1.165) is 26.1 Å². The number of nitrogens with two attached hydrogens (primary N) is 1. The van der Waals surface area contributed by atoms with E-state index in [4.69, 9.17) is 27.2 Å². The number of allylic oxidation sites excluding steroid dienone is 2. The maximum absolute atomic E-state index is 15.0. The van der Waals surface area contributed by atoms with Crippen LogP contribution in [-0.2, 0) is 26.2 Å². The van der Waals surface area contributed by atoms with Gasteiger partial charge in [-0.3, -0.25) is 23.9 Å². The Kier molecular flexibility index (Phi) is 7.48. The number of urea groups is 1. The first-order valence-corrected chi connectivity index (χ1v) is 17.9. The molecule has 0 spiro atoms. The number of halogens is 1. The number of ether oxygens (including phenoxy) is 1. The number of phenolic OH excluding ortho intramolecular Hbond substituents is 1. The maximum Gasteiger partial charge on any atom is 0.328 e. The molecule has 2 saturated heterocycles. The summed E-state index contributed by atoms with van der Waals surface area (Å²) in [6.45, 7) is 5.81. The van der Waals surface area contributed by atoms with E-state index in [-0.39, 0.29) is 30.9 Å². The third kappa shape index (κ3) is 4.56. The van der Waals surface area contributed by atoms with E-state index >= 15 is 0 Å². The van der Waals surface area contributed by atoms with Gasteiger partial charge in [-0.25, -0.2) is 9.69 Å². The Morgan fingerprint density at radius 2 is 1.86 bits per heavy atom. The molecule has 3 N–H and O–H groups in total. The molecule has 0 unspecified atom stereocenters. The lowest BCUT2D eigenvalue weighted by Crippen LogP contribution is -2.49. The first-order chi connectivity index (χ1) is 24.3. The molecule has 2 aliphatic carbocycles. The number of aromatic nitrogens is 2. The SMILES string of the molecule is CCOc1cc([C@H]2C3=CC[C@@H]4C(=O)N(C(N)=O)C(=O)[C@@H]4[C@@H]3C[C@H]3C(=O)N(c4cc(-c5sc6ccc(Cl)cc6c5C)nn4C)C(=O)[C@@]23C)ccc1O. The molecule has 6 atom stereocenters. The van der Waals surface area contributed by atoms with Gasteiger partial charge in [-0.2, -0.15) is 10.00 Å². The topological polar surface area (TPSA) is 165 Å². The summed E-state index contributed by atoms with van der Waals surface area (Å²) in [7, 11) is 1.68. The highest BCUT2D eigenvalue weighted by molar-refractivity contribution is 7.22. The summed E-state index contributed by atoms with van der Waals surface area (Å²) in [4.78, 5) is 71.5. The van der Waals surface area contributed by atoms with Gasteiger partial charge in [0, 0.05) is 28.8 Å². The van der Waals surface area contributed by atoms with Crippen LogP contribution in [0.5, 0.6) is 11.5 Å². The van der Waals surface area contributed by atoms with Gasteiger partial charge in [-0.05, 0) is 86.4 Å². The minimum atomic E-state index is -1.34. The van der Waals surface area contributed by atoms with Gasteiger partial charge in [0.1, 0.15) is 11.5 Å². The van der Waals surface area contributed by atoms with E-state index in [2.05, 4.69) is 0 Å². The number of anilines is 1. The normalized spacial score (nSPS) is 27.2. The quantitative estimate of drug-likeness (QED) is 0.196. The fourth-order valence-electron chi connectivity index (χ4n) is 9.03. The van der Waals surface area contributed by atoms with Crippen LogP contribution in [0.4, 0.5) is 10.6 Å². The number of imide groups is 4. The number of hydrogen-bond donors (Lipinski definition) is 2. The van der Waals surface area contributed by atoms with E-state index < -0.39 is 64.7 Å². The molecule has 1 saturated carbocycles. The Hall–Kier alpha value is -5.01. The molecule has 2 aromatic heterocycles. The van der Waals surface area contributed by atoms with Crippen LogP contribution in [0, 0.1) is 36.0 Å². The molecular formula is C37H34ClN5O7S. The number of hydrogen-bond acceptors (Lipinski definition) is 9. The van der Waals surface area contributed by atoms with Gasteiger partial charge in [-0.1, -0.05) is 29.3 Å². The van der Waals surface area contributed by atoms with Crippen molar-refractivity contribution in [3.05, 3.63) is 70.3 Å². The zero-order valence-electron chi connectivity index (χ0n) is 28.2. The van der Waals surface area contributed by atoms with Gasteiger partial charge in [-0.15, -0.1) is 11.3 Å². The maximum atomic E-state index is 15.0. The van der Waals surface area contributed by atoms with Crippen molar-refractivity contribution in [2.75, 3.05) is 11.5 Å². The Morgan fingerprint density at radius 3 is 2.59 bits per heavy atom. The highest BCUT2D eigenvalue weighted by Gasteiger charge is 2.68. The Balaban J connectivity index is 1.26. The summed E-state index contributed by atoms with van der Waals surface area (Å²) in [5, 5.41) is 17.0. The smallest absolute Gasteiger partial charge is 0.328 e. The number of fused-ring (bicyclic) bond motifs is 5. The number of carbonyl (C=O) groups excluding carboxylic acids is 5. The molecule has 0 radical (unpaired) electrons. The van der Waals surface area contributed by atoms with Crippen LogP contribution in [-0.4, -0.2) is 56.1 Å². The molecule has 2 aliphatic heterocycles. The molecule has 14 heteroatoms. The van der Waals surface area contributed by atoms with Crippen LogP contribution in [0.2, 0.25) is 5.02 Å². The largest absolute Gasteiger partial charge is 0.504 e. The van der Waals surface area contributed by atoms with Crippen molar-refractivity contribution in [3.63, 3.8) is 0 Å². The van der Waals surface area contributed by atoms with Gasteiger partial charge in [0.2, 0.25) is 23.6 Å². The second-order valence-electron chi connectivity index (χ2n) is 13.9. The van der Waals surface area contributed by atoms with Crippen molar-refractivity contribution in [1.29, 1.82) is 0 Å². The van der Waals surface area contributed by atoms with E-state index in [0.29, 0.717) is 27.0 Å². The van der Waals surface area contributed by atoms with Crippen molar-refractivity contribution in [3.8, 4) is 22.1 Å². The Labute approximate surface area is 301 Å². The highest BCUT2D eigenvalue weighted by atomic mass is 35.5. The number of likely N-dealkylation sites (tertiary alicyclic amines) is 1. The molecule has 8 rings (SSSR count). The van der Waals surface area contributed by atoms with Crippen LogP contribution in [0.1, 0.15) is 43.7 Å². The minimum Gasteiger partial charge on any atom is -0.504 e. The summed E-state index contributed by atoms with van der Waals surface area (Å²) in [5.41, 5.74) is 7.05. The van der Waals surface area contributed by atoms with Crippen molar-refractivity contribution < 1.29 is 33.8 Å². The lowest BCUT2D eigenvalue weighted by atomic mass is 9.51. The predicted octanol–water partition coefficient (Wildman–Crippen LogP) is 5.68. The number of aromatic hydroxyl groups is 1. The molecule has 0 bridgehead atoms. The lowest BCUT2D eigenvalue weighted by Gasteiger charge is -2.49. The fourth-order valence-corrected chi connectivity index (χ4v) is 10.3. The number of rotatable bonds is 5. The van der Waals surface area contributed by atoms with Gasteiger partial charge in [0.15, 0.2) is 11.5 Å². The standard InChI is InChI=1S/C37H34ClN5O7S/c1-5-50-26-12-17(6-10-25(26)44)30-19-8-9-20-29(34(47)43(32(20)45)36(39)49)22(19)14-23-33(46)42(35(48)37(23,30)3)28-15-24(40-41(28)4)31-16(2)21-13-18(38)7-11-27(21)51-31/h6-8,10-13,15,20,22-23,29-30,44H,5,9,14H2,1-4H3,(H2,39,49)/t20-,22+,23-,29-,30-,37+/m0/s1. The van der Waals surface area contributed by atoms with E-state index in [1.54, 1.807) is 50.4 Å². The number of amides is 6. The summed E-state index contributed by atoms with van der Waals surface area (Å²) in [5.74, 6) is -5.83. The molecule has 262 valence electrons. The average molecular weight is 728 g/mol. The molecule has 3 fully saturated rings. The zero-order chi connectivity index (χ0) is 36.3. The number of phenols is 1. The number of aryl methyl sites for hydroxylation is 2. The van der Waals surface area contributed by atoms with Gasteiger partial charge in [0.05, 0.1) is 34.7 Å². The molecule has 4 heterocycles. The first kappa shape index (κ1) is 33.2. The fraction of sp³-hybridized carbons (Fsp3) is 0.351. The lowest BCUT2D eigenvalue weighted by molar-refractivity contribution is -0.136. The van der Waals surface area contributed by atoms with Crippen LogP contribution >= 0.6 is 22.9 Å². The monoisotopic (exact) mass is 727 g/mol. The molecular weight excluding hydrogens is 694 g/mol. The number of carbonyl (C=O) groups is 5. The minimum absolute atomic E-state index is 0.0855. The first-order valence-electron chi connectivity index (χ1n) is 16.7. The van der Waals surface area contributed by atoms with Gasteiger partial charge in [0.25, 0.3) is 0 Å². The van der Waals surface area contributed by atoms with Gasteiger partial charge < -0.3 is 15.6 Å². The second-order valence-corrected chi connectivity index (χ2v) is 15.4. The summed E-state index contributed by atoms with van der Waals surface area (Å²) < 4.78 is 8.27. The predicted molar refractivity (Wildman–Crippen MR) is 189 cm³/mol. The van der Waals surface area contributed by atoms with Crippen molar-refractivity contribution in [2.24, 2.45) is 41.9 Å². The van der Waals surface area contributed by atoms with Gasteiger partial charge >= 0.3 is 6.03 Å². The van der Waals surface area contributed by atoms with Crippen LogP contribution in [0.25, 0.3) is 20.7 Å². The number of benzene rings is 2. The van der Waals surface area contributed by atoms with Crippen LogP contribution in [0.3, 0.4) is 0 Å². The number of primary amides is 1. The van der Waals surface area contributed by atoms with E-state index in [1.807, 2.05) is 31.2 Å². The average Bonchev–Trinajstić information content (AvgIpc) is 3.76. The third-order valence-electron chi connectivity index (χ3n) is 11.3. The van der Waals surface area contributed by atoms with E-state index in [9.17, 15) is 29.1 Å². The molecule has 6 amide bonds.